The Kier molecular flexibility index (Phi) is 9.16. The third-order valence-corrected chi connectivity index (χ3v) is 7.34. The van der Waals surface area contributed by atoms with Crippen LogP contribution in [0.3, 0.4) is 0 Å². The second-order valence-electron chi connectivity index (χ2n) is 8.46. The molecule has 2 aliphatic carbocycles. The molecule has 1 heterocycles. The largest absolute Gasteiger partial charge is 0.354 e. The number of nitrogens with zero attached hydrogens (tertiary/aromatic N) is 2. The molecule has 3 aliphatic rings. The number of carbonyl (C=O) groups excluding carboxylic acids is 1. The minimum Gasteiger partial charge on any atom is -0.354 e. The third kappa shape index (κ3) is 6.28. The van der Waals surface area contributed by atoms with Gasteiger partial charge >= 0.3 is 0 Å². The van der Waals surface area contributed by atoms with Gasteiger partial charge in [0.2, 0.25) is 5.91 Å². The van der Waals surface area contributed by atoms with Crippen molar-refractivity contribution in [3.05, 3.63) is 35.9 Å². The van der Waals surface area contributed by atoms with Gasteiger partial charge in [0.25, 0.3) is 0 Å². The molecule has 1 aliphatic heterocycles. The highest BCUT2D eigenvalue weighted by Gasteiger charge is 2.39. The Bertz CT molecular complexity index is 702. The Morgan fingerprint density at radius 2 is 1.80 bits per heavy atom. The number of halogens is 1. The van der Waals surface area contributed by atoms with Crippen molar-refractivity contribution in [2.24, 2.45) is 10.9 Å². The van der Waals surface area contributed by atoms with Gasteiger partial charge in [0.15, 0.2) is 5.96 Å². The number of thioether (sulfide) groups is 1. The number of carbonyl (C=O) groups is 1. The molecule has 1 saturated heterocycles. The zero-order valence-corrected chi connectivity index (χ0v) is 21.0. The zero-order chi connectivity index (χ0) is 20.1. The fourth-order valence-electron chi connectivity index (χ4n) is 4.61. The van der Waals surface area contributed by atoms with Crippen LogP contribution < -0.4 is 10.6 Å². The van der Waals surface area contributed by atoms with Gasteiger partial charge in [0.1, 0.15) is 0 Å². The van der Waals surface area contributed by atoms with Crippen LogP contribution in [0.5, 0.6) is 0 Å². The number of guanidine groups is 1. The number of nitrogens with one attached hydrogen (secondary N) is 2. The van der Waals surface area contributed by atoms with E-state index in [9.17, 15) is 4.79 Å². The molecule has 7 heteroatoms. The molecule has 2 N–H and O–H groups in total. The van der Waals surface area contributed by atoms with Gasteiger partial charge in [0, 0.05) is 55.1 Å². The SMILES string of the molecule is CCN=C(NC1CCC(C(=O)N2CCSCC2)CC1)NC1CC1c1ccccc1.I. The fraction of sp³-hybridized carbons (Fsp3) is 0.652. The van der Waals surface area contributed by atoms with Crippen molar-refractivity contribution in [2.45, 2.75) is 57.0 Å². The topological polar surface area (TPSA) is 56.7 Å². The third-order valence-electron chi connectivity index (χ3n) is 6.40. The molecule has 2 atom stereocenters. The molecule has 1 aromatic carbocycles. The first-order chi connectivity index (χ1) is 14.2. The van der Waals surface area contributed by atoms with Crippen LogP contribution in [0.2, 0.25) is 0 Å². The average Bonchev–Trinajstić information content (AvgIpc) is 3.54. The van der Waals surface area contributed by atoms with Gasteiger partial charge in [-0.1, -0.05) is 30.3 Å². The summed E-state index contributed by atoms with van der Waals surface area (Å²) in [5.74, 6) is 4.34. The van der Waals surface area contributed by atoms with Crippen molar-refractivity contribution in [3.8, 4) is 0 Å². The molecular weight excluding hydrogens is 507 g/mol. The monoisotopic (exact) mass is 542 g/mol. The van der Waals surface area contributed by atoms with E-state index in [1.807, 2.05) is 11.8 Å². The summed E-state index contributed by atoms with van der Waals surface area (Å²) >= 11 is 1.96. The van der Waals surface area contributed by atoms with Crippen LogP contribution in [-0.2, 0) is 4.79 Å². The van der Waals surface area contributed by atoms with E-state index in [0.29, 0.717) is 23.9 Å². The maximum atomic E-state index is 12.8. The van der Waals surface area contributed by atoms with Gasteiger partial charge in [0.05, 0.1) is 0 Å². The first-order valence-corrected chi connectivity index (χ1v) is 12.4. The minimum absolute atomic E-state index is 0. The number of hydrogen-bond acceptors (Lipinski definition) is 3. The summed E-state index contributed by atoms with van der Waals surface area (Å²) in [6.45, 7) is 4.72. The molecule has 4 rings (SSSR count). The second-order valence-corrected chi connectivity index (χ2v) is 9.68. The van der Waals surface area contributed by atoms with E-state index >= 15 is 0 Å². The van der Waals surface area contributed by atoms with Gasteiger partial charge in [-0.2, -0.15) is 11.8 Å². The van der Waals surface area contributed by atoms with Crippen molar-refractivity contribution in [3.63, 3.8) is 0 Å². The van der Waals surface area contributed by atoms with Gasteiger partial charge in [-0.05, 0) is 44.6 Å². The minimum atomic E-state index is 0. The molecule has 1 aromatic rings. The van der Waals surface area contributed by atoms with Crippen molar-refractivity contribution < 1.29 is 4.79 Å². The highest BCUT2D eigenvalue weighted by atomic mass is 127. The Morgan fingerprint density at radius 1 is 1.10 bits per heavy atom. The molecular formula is C23H35IN4OS. The molecule has 0 spiro atoms. The van der Waals surface area contributed by atoms with Crippen LogP contribution in [0.15, 0.2) is 35.3 Å². The lowest BCUT2D eigenvalue weighted by atomic mass is 9.85. The van der Waals surface area contributed by atoms with Gasteiger partial charge in [-0.25, -0.2) is 0 Å². The number of amides is 1. The predicted octanol–water partition coefficient (Wildman–Crippen LogP) is 3.85. The quantitative estimate of drug-likeness (QED) is 0.337. The summed E-state index contributed by atoms with van der Waals surface area (Å²) in [6.07, 6.45) is 5.27. The maximum Gasteiger partial charge on any atom is 0.225 e. The maximum absolute atomic E-state index is 12.8. The standard InChI is InChI=1S/C23H34N4OS.HI/c1-2-24-23(26-21-16-20(21)17-6-4-3-5-7-17)25-19-10-8-18(9-11-19)22(28)27-12-14-29-15-13-27;/h3-7,18-21H,2,8-16H2,1H3,(H2,24,25,26);1H. The summed E-state index contributed by atoms with van der Waals surface area (Å²) in [4.78, 5) is 19.5. The first-order valence-electron chi connectivity index (χ1n) is 11.2. The number of benzene rings is 1. The molecule has 3 fully saturated rings. The molecule has 166 valence electrons. The predicted molar refractivity (Wildman–Crippen MR) is 137 cm³/mol. The Labute approximate surface area is 202 Å². The van der Waals surface area contributed by atoms with E-state index in [0.717, 1.165) is 62.8 Å². The molecule has 5 nitrogen and oxygen atoms in total. The lowest BCUT2D eigenvalue weighted by Gasteiger charge is -2.34. The van der Waals surface area contributed by atoms with Crippen molar-refractivity contribution in [1.29, 1.82) is 0 Å². The van der Waals surface area contributed by atoms with Crippen molar-refractivity contribution in [2.75, 3.05) is 31.1 Å². The average molecular weight is 543 g/mol. The number of rotatable bonds is 5. The molecule has 2 saturated carbocycles. The lowest BCUT2D eigenvalue weighted by molar-refractivity contribution is -0.136. The molecule has 0 aromatic heterocycles. The highest BCUT2D eigenvalue weighted by Crippen LogP contribution is 2.40. The number of aliphatic imine (C=N–C) groups is 1. The van der Waals surface area contributed by atoms with E-state index in [-0.39, 0.29) is 29.9 Å². The molecule has 30 heavy (non-hydrogen) atoms. The van der Waals surface area contributed by atoms with E-state index < -0.39 is 0 Å². The summed E-state index contributed by atoms with van der Waals surface area (Å²) in [7, 11) is 0. The van der Waals surface area contributed by atoms with Crippen LogP contribution >= 0.6 is 35.7 Å². The van der Waals surface area contributed by atoms with Crippen LogP contribution in [0.4, 0.5) is 0 Å². The smallest absolute Gasteiger partial charge is 0.225 e. The Morgan fingerprint density at radius 3 is 2.47 bits per heavy atom. The number of hydrogen-bond donors (Lipinski definition) is 2. The van der Waals surface area contributed by atoms with Crippen molar-refractivity contribution >= 4 is 47.6 Å². The fourth-order valence-corrected chi connectivity index (χ4v) is 5.51. The first kappa shape index (κ1) is 23.7. The summed E-state index contributed by atoms with van der Waals surface area (Å²) < 4.78 is 0. The van der Waals surface area contributed by atoms with E-state index in [4.69, 9.17) is 0 Å². The summed E-state index contributed by atoms with van der Waals surface area (Å²) in [5.41, 5.74) is 1.41. The molecule has 0 radical (unpaired) electrons. The van der Waals surface area contributed by atoms with E-state index in [1.165, 1.54) is 12.0 Å². The van der Waals surface area contributed by atoms with Crippen molar-refractivity contribution in [1.82, 2.24) is 15.5 Å². The van der Waals surface area contributed by atoms with Crippen LogP contribution in [0, 0.1) is 5.92 Å². The summed E-state index contributed by atoms with van der Waals surface area (Å²) in [5, 5.41) is 7.28. The van der Waals surface area contributed by atoms with Gasteiger partial charge in [-0.15, -0.1) is 24.0 Å². The van der Waals surface area contributed by atoms with Crippen LogP contribution in [0.1, 0.15) is 50.5 Å². The highest BCUT2D eigenvalue weighted by molar-refractivity contribution is 14.0. The Hall–Kier alpha value is -0.960. The molecule has 2 unspecified atom stereocenters. The molecule has 1 amide bonds. The summed E-state index contributed by atoms with van der Waals surface area (Å²) in [6, 6.07) is 11.6. The van der Waals surface area contributed by atoms with E-state index in [2.05, 4.69) is 57.8 Å². The van der Waals surface area contributed by atoms with Gasteiger partial charge in [-0.3, -0.25) is 9.79 Å². The normalized spacial score (nSPS) is 29.0. The van der Waals surface area contributed by atoms with Crippen LogP contribution in [-0.4, -0.2) is 60.0 Å². The zero-order valence-electron chi connectivity index (χ0n) is 17.9. The second kappa shape index (κ2) is 11.6. The Balaban J connectivity index is 0.00000256. The van der Waals surface area contributed by atoms with E-state index in [1.54, 1.807) is 0 Å². The van der Waals surface area contributed by atoms with Gasteiger partial charge < -0.3 is 15.5 Å². The molecule has 0 bridgehead atoms. The lowest BCUT2D eigenvalue weighted by Crippen LogP contribution is -2.48. The van der Waals surface area contributed by atoms with Crippen LogP contribution in [0.25, 0.3) is 0 Å².